The predicted octanol–water partition coefficient (Wildman–Crippen LogP) is 4.65. The number of benzene rings is 2. The molecule has 0 aliphatic heterocycles. The summed E-state index contributed by atoms with van der Waals surface area (Å²) in [6, 6.07) is 17.5. The van der Waals surface area contributed by atoms with Crippen LogP contribution in [0.25, 0.3) is 11.6 Å². The monoisotopic (exact) mass is 220 g/mol. The van der Waals surface area contributed by atoms with Crippen LogP contribution in [0.4, 0.5) is 0 Å². The van der Waals surface area contributed by atoms with Gasteiger partial charge in [0.2, 0.25) is 0 Å². The summed E-state index contributed by atoms with van der Waals surface area (Å²) in [6.07, 6.45) is 2.32. The van der Waals surface area contributed by atoms with Gasteiger partial charge < -0.3 is 0 Å². The molecule has 0 bridgehead atoms. The Balaban J connectivity index is 2.05. The number of fused-ring (bicyclic) bond motifs is 1. The standard InChI is InChI=1S/C17H16/c1-12-7-9-14(10-8-12)17-11-15-5-3-4-6-16(15)13(17)2/h3-11,13H,1-2H3. The van der Waals surface area contributed by atoms with Crippen molar-refractivity contribution < 1.29 is 0 Å². The fourth-order valence-electron chi connectivity index (χ4n) is 2.58. The van der Waals surface area contributed by atoms with E-state index in [1.807, 2.05) is 0 Å². The Morgan fingerprint density at radius 3 is 2.29 bits per heavy atom. The predicted molar refractivity (Wildman–Crippen MR) is 73.9 cm³/mol. The lowest BCUT2D eigenvalue weighted by Gasteiger charge is -2.11. The fourth-order valence-corrected chi connectivity index (χ4v) is 2.58. The minimum atomic E-state index is 0.508. The van der Waals surface area contributed by atoms with Crippen molar-refractivity contribution in [2.75, 3.05) is 0 Å². The maximum Gasteiger partial charge on any atom is 0.00730 e. The van der Waals surface area contributed by atoms with Crippen molar-refractivity contribution in [2.24, 2.45) is 0 Å². The van der Waals surface area contributed by atoms with E-state index < -0.39 is 0 Å². The molecule has 1 aliphatic rings. The summed E-state index contributed by atoms with van der Waals surface area (Å²) in [7, 11) is 0. The fraction of sp³-hybridized carbons (Fsp3) is 0.176. The van der Waals surface area contributed by atoms with Gasteiger partial charge in [-0.2, -0.15) is 0 Å². The Morgan fingerprint density at radius 2 is 1.59 bits per heavy atom. The highest BCUT2D eigenvalue weighted by atomic mass is 14.2. The smallest absolute Gasteiger partial charge is 0.00730 e. The zero-order valence-electron chi connectivity index (χ0n) is 10.3. The lowest BCUT2D eigenvalue weighted by atomic mass is 9.93. The molecule has 0 saturated heterocycles. The number of aryl methyl sites for hydroxylation is 1. The molecular formula is C17H16. The summed E-state index contributed by atoms with van der Waals surface area (Å²) in [4.78, 5) is 0. The third-order valence-corrected chi connectivity index (χ3v) is 3.62. The van der Waals surface area contributed by atoms with Crippen molar-refractivity contribution in [3.8, 4) is 0 Å². The van der Waals surface area contributed by atoms with Crippen molar-refractivity contribution in [3.63, 3.8) is 0 Å². The van der Waals surface area contributed by atoms with Gasteiger partial charge in [0.1, 0.15) is 0 Å². The van der Waals surface area contributed by atoms with Gasteiger partial charge in [0.25, 0.3) is 0 Å². The zero-order valence-corrected chi connectivity index (χ0v) is 10.3. The maximum atomic E-state index is 2.32. The van der Waals surface area contributed by atoms with Crippen LogP contribution in [0.15, 0.2) is 48.5 Å². The Labute approximate surface area is 103 Å². The summed E-state index contributed by atoms with van der Waals surface area (Å²) in [5.74, 6) is 0.508. The first-order valence-corrected chi connectivity index (χ1v) is 6.13. The molecule has 0 fully saturated rings. The minimum Gasteiger partial charge on any atom is -0.0619 e. The molecular weight excluding hydrogens is 204 g/mol. The number of rotatable bonds is 1. The molecule has 0 nitrogen and oxygen atoms in total. The molecule has 0 heteroatoms. The van der Waals surface area contributed by atoms with Crippen LogP contribution < -0.4 is 0 Å². The van der Waals surface area contributed by atoms with Crippen LogP contribution in [0, 0.1) is 6.92 Å². The van der Waals surface area contributed by atoms with Crippen molar-refractivity contribution in [2.45, 2.75) is 19.8 Å². The van der Waals surface area contributed by atoms with Gasteiger partial charge in [-0.05, 0) is 29.2 Å². The van der Waals surface area contributed by atoms with E-state index in [0.29, 0.717) is 5.92 Å². The summed E-state index contributed by atoms with van der Waals surface area (Å²) in [5.41, 5.74) is 6.92. The van der Waals surface area contributed by atoms with E-state index in [4.69, 9.17) is 0 Å². The second kappa shape index (κ2) is 3.89. The van der Waals surface area contributed by atoms with E-state index in [1.165, 1.54) is 27.8 Å². The van der Waals surface area contributed by atoms with Gasteiger partial charge in [-0.3, -0.25) is 0 Å². The minimum absolute atomic E-state index is 0.508. The van der Waals surface area contributed by atoms with E-state index in [1.54, 1.807) is 0 Å². The van der Waals surface area contributed by atoms with Gasteiger partial charge in [0.15, 0.2) is 0 Å². The topological polar surface area (TPSA) is 0 Å². The number of allylic oxidation sites excluding steroid dienone is 1. The van der Waals surface area contributed by atoms with Crippen molar-refractivity contribution in [1.29, 1.82) is 0 Å². The molecule has 3 rings (SSSR count). The molecule has 0 spiro atoms. The third-order valence-electron chi connectivity index (χ3n) is 3.62. The van der Waals surface area contributed by atoms with Crippen molar-refractivity contribution >= 4 is 11.6 Å². The molecule has 0 radical (unpaired) electrons. The van der Waals surface area contributed by atoms with Crippen LogP contribution in [0.3, 0.4) is 0 Å². The molecule has 0 amide bonds. The molecule has 2 aromatic rings. The number of hydrogen-bond acceptors (Lipinski definition) is 0. The molecule has 84 valence electrons. The highest BCUT2D eigenvalue weighted by molar-refractivity contribution is 5.91. The molecule has 17 heavy (non-hydrogen) atoms. The average Bonchev–Trinajstić information content (AvgIpc) is 2.69. The lowest BCUT2D eigenvalue weighted by Crippen LogP contribution is -1.92. The highest BCUT2D eigenvalue weighted by Crippen LogP contribution is 2.41. The van der Waals surface area contributed by atoms with Crippen molar-refractivity contribution in [3.05, 3.63) is 70.8 Å². The first kappa shape index (κ1) is 10.3. The molecule has 2 aromatic carbocycles. The Bertz CT molecular complexity index is 573. The van der Waals surface area contributed by atoms with E-state index in [-0.39, 0.29) is 0 Å². The third kappa shape index (κ3) is 1.70. The molecule has 0 aromatic heterocycles. The molecule has 1 atom stereocenters. The van der Waals surface area contributed by atoms with Crippen LogP contribution >= 0.6 is 0 Å². The molecule has 0 heterocycles. The van der Waals surface area contributed by atoms with Crippen LogP contribution in [0.2, 0.25) is 0 Å². The maximum absolute atomic E-state index is 2.32. The second-order valence-electron chi connectivity index (χ2n) is 4.82. The van der Waals surface area contributed by atoms with Crippen LogP contribution in [0.1, 0.15) is 35.1 Å². The van der Waals surface area contributed by atoms with E-state index in [2.05, 4.69) is 68.5 Å². The van der Waals surface area contributed by atoms with E-state index in [9.17, 15) is 0 Å². The summed E-state index contributed by atoms with van der Waals surface area (Å²) < 4.78 is 0. The number of hydrogen-bond donors (Lipinski definition) is 0. The first-order valence-electron chi connectivity index (χ1n) is 6.13. The first-order chi connectivity index (χ1) is 8.25. The summed E-state index contributed by atoms with van der Waals surface area (Å²) in [6.45, 7) is 4.42. The van der Waals surface area contributed by atoms with Gasteiger partial charge in [-0.25, -0.2) is 0 Å². The molecule has 1 aliphatic carbocycles. The normalized spacial score (nSPS) is 17.8. The SMILES string of the molecule is Cc1ccc(C2=Cc3ccccc3C2C)cc1. The Morgan fingerprint density at radius 1 is 0.882 bits per heavy atom. The summed E-state index contributed by atoms with van der Waals surface area (Å²) in [5, 5.41) is 0. The van der Waals surface area contributed by atoms with E-state index >= 15 is 0 Å². The van der Waals surface area contributed by atoms with Gasteiger partial charge >= 0.3 is 0 Å². The van der Waals surface area contributed by atoms with Crippen LogP contribution in [0.5, 0.6) is 0 Å². The molecule has 0 saturated carbocycles. The average molecular weight is 220 g/mol. The largest absolute Gasteiger partial charge is 0.0619 e. The van der Waals surface area contributed by atoms with Crippen LogP contribution in [-0.4, -0.2) is 0 Å². The molecule has 1 unspecified atom stereocenters. The quantitative estimate of drug-likeness (QED) is 0.656. The Hall–Kier alpha value is -1.82. The van der Waals surface area contributed by atoms with Crippen molar-refractivity contribution in [1.82, 2.24) is 0 Å². The van der Waals surface area contributed by atoms with Gasteiger partial charge in [0.05, 0.1) is 0 Å². The van der Waals surface area contributed by atoms with Gasteiger partial charge in [-0.15, -0.1) is 0 Å². The van der Waals surface area contributed by atoms with Gasteiger partial charge in [0, 0.05) is 5.92 Å². The summed E-state index contributed by atoms with van der Waals surface area (Å²) >= 11 is 0. The van der Waals surface area contributed by atoms with E-state index in [0.717, 1.165) is 0 Å². The van der Waals surface area contributed by atoms with Gasteiger partial charge in [-0.1, -0.05) is 67.1 Å². The Kier molecular flexibility index (Phi) is 2.36. The molecule has 0 N–H and O–H groups in total. The second-order valence-corrected chi connectivity index (χ2v) is 4.82. The highest BCUT2D eigenvalue weighted by Gasteiger charge is 2.21. The lowest BCUT2D eigenvalue weighted by molar-refractivity contribution is 1.01. The zero-order chi connectivity index (χ0) is 11.8. The van der Waals surface area contributed by atoms with Crippen LogP contribution in [-0.2, 0) is 0 Å².